The molecule has 0 spiro atoms. The van der Waals surface area contributed by atoms with Gasteiger partial charge in [-0.3, -0.25) is 14.4 Å². The fourth-order valence-corrected chi connectivity index (χ4v) is 2.92. The second-order valence-electron chi connectivity index (χ2n) is 6.45. The molecule has 0 aromatic heterocycles. The van der Waals surface area contributed by atoms with Gasteiger partial charge in [-0.1, -0.05) is 25.5 Å². The van der Waals surface area contributed by atoms with Crippen molar-refractivity contribution < 1.29 is 14.4 Å². The first-order chi connectivity index (χ1) is 12.0. The Kier molecular flexibility index (Phi) is 6.98. The molecular formula is C19H27N3O3. The number of benzene rings is 1. The number of nitrogens with zero attached hydrogens (tertiary/aromatic N) is 1. The van der Waals surface area contributed by atoms with Crippen molar-refractivity contribution in [2.45, 2.75) is 39.5 Å². The van der Waals surface area contributed by atoms with Crippen LogP contribution in [0.15, 0.2) is 24.3 Å². The Morgan fingerprint density at radius 2 is 1.84 bits per heavy atom. The molecule has 0 radical (unpaired) electrons. The normalized spacial score (nSPS) is 16.8. The van der Waals surface area contributed by atoms with E-state index >= 15 is 0 Å². The summed E-state index contributed by atoms with van der Waals surface area (Å²) in [5.41, 5.74) is 2.11. The van der Waals surface area contributed by atoms with E-state index in [-0.39, 0.29) is 30.1 Å². The number of hydrogen-bond donors (Lipinski definition) is 2. The second kappa shape index (κ2) is 9.20. The van der Waals surface area contributed by atoms with Gasteiger partial charge in [-0.2, -0.15) is 0 Å². The van der Waals surface area contributed by atoms with Crippen molar-refractivity contribution in [1.82, 2.24) is 10.6 Å². The number of anilines is 1. The second-order valence-corrected chi connectivity index (χ2v) is 6.45. The molecule has 6 nitrogen and oxygen atoms in total. The van der Waals surface area contributed by atoms with E-state index in [9.17, 15) is 14.4 Å². The van der Waals surface area contributed by atoms with Crippen LogP contribution in [0.5, 0.6) is 0 Å². The minimum Gasteiger partial charge on any atom is -0.355 e. The molecule has 1 aromatic carbocycles. The maximum atomic E-state index is 12.3. The van der Waals surface area contributed by atoms with Crippen molar-refractivity contribution in [2.24, 2.45) is 5.92 Å². The van der Waals surface area contributed by atoms with Crippen LogP contribution < -0.4 is 15.5 Å². The molecule has 6 heteroatoms. The zero-order valence-electron chi connectivity index (χ0n) is 15.0. The maximum absolute atomic E-state index is 12.3. The third-order valence-corrected chi connectivity index (χ3v) is 4.36. The Morgan fingerprint density at radius 3 is 2.48 bits per heavy atom. The molecule has 1 atom stereocenters. The van der Waals surface area contributed by atoms with Crippen LogP contribution >= 0.6 is 0 Å². The maximum Gasteiger partial charge on any atom is 0.227 e. The fourth-order valence-electron chi connectivity index (χ4n) is 2.92. The number of carbonyl (C=O) groups is 3. The van der Waals surface area contributed by atoms with Gasteiger partial charge in [-0.05, 0) is 30.5 Å². The summed E-state index contributed by atoms with van der Waals surface area (Å²) in [6, 6.07) is 8.03. The van der Waals surface area contributed by atoms with Gasteiger partial charge >= 0.3 is 0 Å². The van der Waals surface area contributed by atoms with E-state index in [0.29, 0.717) is 19.6 Å². The lowest BCUT2D eigenvalue weighted by molar-refractivity contribution is -0.126. The van der Waals surface area contributed by atoms with Gasteiger partial charge in [0.2, 0.25) is 17.7 Å². The quantitative estimate of drug-likeness (QED) is 0.703. The highest BCUT2D eigenvalue weighted by Gasteiger charge is 2.34. The Labute approximate surface area is 149 Å². The molecule has 1 saturated heterocycles. The number of carbonyl (C=O) groups excluding carboxylic acids is 3. The molecule has 1 aliphatic heterocycles. The first kappa shape index (κ1) is 19.0. The monoisotopic (exact) mass is 345 g/mol. The summed E-state index contributed by atoms with van der Waals surface area (Å²) in [5, 5.41) is 5.40. The van der Waals surface area contributed by atoms with Gasteiger partial charge in [-0.15, -0.1) is 0 Å². The summed E-state index contributed by atoms with van der Waals surface area (Å²) in [6.45, 7) is 4.76. The van der Waals surface area contributed by atoms with Gasteiger partial charge in [0.05, 0.1) is 5.92 Å². The van der Waals surface area contributed by atoms with Crippen LogP contribution in [-0.2, 0) is 20.8 Å². The molecule has 0 saturated carbocycles. The third-order valence-electron chi connectivity index (χ3n) is 4.36. The largest absolute Gasteiger partial charge is 0.355 e. The molecule has 25 heavy (non-hydrogen) atoms. The third kappa shape index (κ3) is 5.59. The van der Waals surface area contributed by atoms with E-state index in [1.165, 1.54) is 12.5 Å². The van der Waals surface area contributed by atoms with Crippen LogP contribution in [0, 0.1) is 5.92 Å². The van der Waals surface area contributed by atoms with E-state index in [2.05, 4.69) is 29.7 Å². The predicted octanol–water partition coefficient (Wildman–Crippen LogP) is 1.63. The molecule has 1 fully saturated rings. The Morgan fingerprint density at radius 1 is 1.16 bits per heavy atom. The molecular weight excluding hydrogens is 318 g/mol. The summed E-state index contributed by atoms with van der Waals surface area (Å²) in [4.78, 5) is 36.9. The molecule has 2 N–H and O–H groups in total. The minimum atomic E-state index is -0.343. The average Bonchev–Trinajstić information content (AvgIpc) is 2.99. The van der Waals surface area contributed by atoms with Gasteiger partial charge in [-0.25, -0.2) is 0 Å². The SMILES string of the molecule is CCCCc1ccc(N2C[C@H](C(=O)NCCNC(C)=O)CC2=O)cc1. The first-order valence-corrected chi connectivity index (χ1v) is 8.92. The highest BCUT2D eigenvalue weighted by molar-refractivity contribution is 6.00. The lowest BCUT2D eigenvalue weighted by atomic mass is 10.1. The van der Waals surface area contributed by atoms with Gasteiger partial charge in [0, 0.05) is 38.7 Å². The molecule has 0 unspecified atom stereocenters. The molecule has 2 rings (SSSR count). The van der Waals surface area contributed by atoms with Gasteiger partial charge < -0.3 is 15.5 Å². The van der Waals surface area contributed by atoms with Crippen molar-refractivity contribution >= 4 is 23.4 Å². The van der Waals surface area contributed by atoms with Crippen molar-refractivity contribution in [3.63, 3.8) is 0 Å². The van der Waals surface area contributed by atoms with E-state index in [1.54, 1.807) is 4.90 Å². The molecule has 0 aliphatic carbocycles. The van der Waals surface area contributed by atoms with E-state index in [0.717, 1.165) is 24.9 Å². The minimum absolute atomic E-state index is 0.0247. The summed E-state index contributed by atoms with van der Waals surface area (Å²) < 4.78 is 0. The standard InChI is InChI=1S/C19H27N3O3/c1-3-4-5-15-6-8-17(9-7-15)22-13-16(12-18(22)24)19(25)21-11-10-20-14(2)23/h6-9,16H,3-5,10-13H2,1-2H3,(H,20,23)(H,21,25)/t16-/m1/s1. The summed E-state index contributed by atoms with van der Waals surface area (Å²) in [6.07, 6.45) is 3.58. The summed E-state index contributed by atoms with van der Waals surface area (Å²) >= 11 is 0. The summed E-state index contributed by atoms with van der Waals surface area (Å²) in [5.74, 6) is -0.632. The average molecular weight is 345 g/mol. The zero-order chi connectivity index (χ0) is 18.2. The van der Waals surface area contributed by atoms with Gasteiger partial charge in [0.15, 0.2) is 0 Å². The van der Waals surface area contributed by atoms with Crippen LogP contribution in [-0.4, -0.2) is 37.4 Å². The molecule has 1 heterocycles. The van der Waals surface area contributed by atoms with Crippen LogP contribution in [0.4, 0.5) is 5.69 Å². The summed E-state index contributed by atoms with van der Waals surface area (Å²) in [7, 11) is 0. The lowest BCUT2D eigenvalue weighted by Crippen LogP contribution is -2.37. The van der Waals surface area contributed by atoms with Crippen LogP contribution in [0.3, 0.4) is 0 Å². The smallest absolute Gasteiger partial charge is 0.227 e. The molecule has 136 valence electrons. The highest BCUT2D eigenvalue weighted by atomic mass is 16.2. The number of nitrogens with one attached hydrogen (secondary N) is 2. The Balaban J connectivity index is 1.86. The van der Waals surface area contributed by atoms with Crippen molar-refractivity contribution in [3.05, 3.63) is 29.8 Å². The molecule has 1 aromatic rings. The number of rotatable bonds is 8. The van der Waals surface area contributed by atoms with E-state index in [1.807, 2.05) is 12.1 Å². The number of aryl methyl sites for hydroxylation is 1. The first-order valence-electron chi connectivity index (χ1n) is 8.92. The number of unbranched alkanes of at least 4 members (excludes halogenated alkanes) is 1. The van der Waals surface area contributed by atoms with Crippen molar-refractivity contribution in [1.29, 1.82) is 0 Å². The van der Waals surface area contributed by atoms with Crippen LogP contribution in [0.1, 0.15) is 38.7 Å². The van der Waals surface area contributed by atoms with E-state index in [4.69, 9.17) is 0 Å². The zero-order valence-corrected chi connectivity index (χ0v) is 15.0. The van der Waals surface area contributed by atoms with Crippen molar-refractivity contribution in [2.75, 3.05) is 24.5 Å². The Bertz CT molecular complexity index is 613. The Hall–Kier alpha value is -2.37. The topological polar surface area (TPSA) is 78.5 Å². The van der Waals surface area contributed by atoms with Crippen LogP contribution in [0.25, 0.3) is 0 Å². The predicted molar refractivity (Wildman–Crippen MR) is 97.2 cm³/mol. The van der Waals surface area contributed by atoms with Gasteiger partial charge in [0.1, 0.15) is 0 Å². The van der Waals surface area contributed by atoms with Crippen LogP contribution in [0.2, 0.25) is 0 Å². The fraction of sp³-hybridized carbons (Fsp3) is 0.526. The molecule has 1 aliphatic rings. The van der Waals surface area contributed by atoms with Crippen molar-refractivity contribution in [3.8, 4) is 0 Å². The number of hydrogen-bond acceptors (Lipinski definition) is 3. The molecule has 3 amide bonds. The highest BCUT2D eigenvalue weighted by Crippen LogP contribution is 2.25. The van der Waals surface area contributed by atoms with E-state index < -0.39 is 0 Å². The molecule has 0 bridgehead atoms. The lowest BCUT2D eigenvalue weighted by Gasteiger charge is -2.17. The number of amides is 3. The van der Waals surface area contributed by atoms with Gasteiger partial charge in [0.25, 0.3) is 0 Å².